The highest BCUT2D eigenvalue weighted by molar-refractivity contribution is 6.42. The summed E-state index contributed by atoms with van der Waals surface area (Å²) in [6.45, 7) is 4.52. The Labute approximate surface area is 163 Å². The quantitative estimate of drug-likeness (QED) is 0.743. The van der Waals surface area contributed by atoms with Gasteiger partial charge in [0.2, 0.25) is 0 Å². The van der Waals surface area contributed by atoms with Crippen LogP contribution in [0.1, 0.15) is 23.6 Å². The molecule has 2 aromatic carbocycles. The third kappa shape index (κ3) is 4.50. The second-order valence-corrected chi connectivity index (χ2v) is 7.38. The van der Waals surface area contributed by atoms with Crippen LogP contribution in [0.3, 0.4) is 0 Å². The minimum absolute atomic E-state index is 0.227. The second kappa shape index (κ2) is 8.30. The Hall–Kier alpha value is -1.75. The number of carbonyl (C=O) groups is 1. The molecule has 26 heavy (non-hydrogen) atoms. The van der Waals surface area contributed by atoms with Gasteiger partial charge in [-0.15, -0.1) is 0 Å². The van der Waals surface area contributed by atoms with Gasteiger partial charge in [-0.1, -0.05) is 48.3 Å². The summed E-state index contributed by atoms with van der Waals surface area (Å²) in [6.07, 6.45) is 0.863. The third-order valence-corrected chi connectivity index (χ3v) is 5.34. The number of carboxylic acids is 1. The van der Waals surface area contributed by atoms with Crippen LogP contribution in [-0.4, -0.2) is 29.1 Å². The van der Waals surface area contributed by atoms with Crippen molar-refractivity contribution in [2.24, 2.45) is 5.92 Å². The topological polar surface area (TPSA) is 49.8 Å². The molecule has 1 heterocycles. The Balaban J connectivity index is 1.61. The first-order chi connectivity index (χ1) is 12.5. The van der Waals surface area contributed by atoms with Crippen molar-refractivity contribution in [1.82, 2.24) is 4.90 Å². The summed E-state index contributed by atoms with van der Waals surface area (Å²) in [5.41, 5.74) is 3.27. The summed E-state index contributed by atoms with van der Waals surface area (Å²) < 4.78 is 5.96. The van der Waals surface area contributed by atoms with Gasteiger partial charge >= 0.3 is 5.97 Å². The summed E-state index contributed by atoms with van der Waals surface area (Å²) >= 11 is 12.0. The summed E-state index contributed by atoms with van der Waals surface area (Å²) in [6, 6.07) is 11.6. The zero-order valence-electron chi connectivity index (χ0n) is 14.5. The average molecular weight is 394 g/mol. The molecule has 1 aliphatic heterocycles. The van der Waals surface area contributed by atoms with Gasteiger partial charge in [-0.05, 0) is 41.3 Å². The van der Waals surface area contributed by atoms with Crippen molar-refractivity contribution in [3.05, 3.63) is 63.1 Å². The van der Waals surface area contributed by atoms with E-state index in [-0.39, 0.29) is 5.92 Å². The Morgan fingerprint density at radius 1 is 1.15 bits per heavy atom. The van der Waals surface area contributed by atoms with Gasteiger partial charge in [-0.2, -0.15) is 0 Å². The number of carboxylic acid groups (broad SMARTS) is 1. The van der Waals surface area contributed by atoms with E-state index >= 15 is 0 Å². The molecule has 0 atom stereocenters. The van der Waals surface area contributed by atoms with Crippen molar-refractivity contribution in [2.45, 2.75) is 26.5 Å². The SMILES string of the molecule is CCc1cc(CN2CC(C(=O)O)C2)ccc1OCc1ccc(Cl)c(Cl)c1. The number of likely N-dealkylation sites (tertiary alicyclic amines) is 1. The molecule has 0 radical (unpaired) electrons. The maximum Gasteiger partial charge on any atom is 0.309 e. The number of nitrogens with zero attached hydrogens (tertiary/aromatic N) is 1. The highest BCUT2D eigenvalue weighted by Gasteiger charge is 2.32. The zero-order valence-corrected chi connectivity index (χ0v) is 16.1. The number of rotatable bonds is 7. The van der Waals surface area contributed by atoms with Gasteiger partial charge in [0.1, 0.15) is 12.4 Å². The molecule has 2 aromatic rings. The van der Waals surface area contributed by atoms with Crippen LogP contribution in [0, 0.1) is 5.92 Å². The number of aryl methyl sites for hydroxylation is 1. The Morgan fingerprint density at radius 2 is 1.88 bits per heavy atom. The van der Waals surface area contributed by atoms with Crippen molar-refractivity contribution in [1.29, 1.82) is 0 Å². The molecule has 4 nitrogen and oxygen atoms in total. The minimum atomic E-state index is -0.707. The molecule has 0 saturated carbocycles. The fraction of sp³-hybridized carbons (Fsp3) is 0.350. The molecule has 0 bridgehead atoms. The largest absolute Gasteiger partial charge is 0.489 e. The minimum Gasteiger partial charge on any atom is -0.489 e. The molecule has 3 rings (SSSR count). The normalized spacial score (nSPS) is 14.9. The van der Waals surface area contributed by atoms with Gasteiger partial charge < -0.3 is 9.84 Å². The molecule has 0 unspecified atom stereocenters. The molecule has 0 amide bonds. The van der Waals surface area contributed by atoms with Crippen molar-refractivity contribution >= 4 is 29.2 Å². The molecule has 1 N–H and O–H groups in total. The number of aliphatic carboxylic acids is 1. The Morgan fingerprint density at radius 3 is 2.54 bits per heavy atom. The highest BCUT2D eigenvalue weighted by Crippen LogP contribution is 2.26. The lowest BCUT2D eigenvalue weighted by Gasteiger charge is -2.36. The van der Waals surface area contributed by atoms with Crippen molar-refractivity contribution < 1.29 is 14.6 Å². The fourth-order valence-corrected chi connectivity index (χ4v) is 3.37. The number of ether oxygens (including phenoxy) is 1. The monoisotopic (exact) mass is 393 g/mol. The lowest BCUT2D eigenvalue weighted by atomic mass is 9.99. The first kappa shape index (κ1) is 19.0. The van der Waals surface area contributed by atoms with Gasteiger partial charge in [0.05, 0.1) is 16.0 Å². The third-order valence-electron chi connectivity index (χ3n) is 4.60. The van der Waals surface area contributed by atoms with Gasteiger partial charge in [-0.3, -0.25) is 9.69 Å². The van der Waals surface area contributed by atoms with Crippen LogP contribution >= 0.6 is 23.2 Å². The van der Waals surface area contributed by atoms with Crippen molar-refractivity contribution in [3.63, 3.8) is 0 Å². The molecule has 1 aliphatic rings. The van der Waals surface area contributed by atoms with Crippen LogP contribution in [0.15, 0.2) is 36.4 Å². The van der Waals surface area contributed by atoms with Crippen molar-refractivity contribution in [2.75, 3.05) is 13.1 Å². The standard InChI is InChI=1S/C20H21Cl2NO3/c1-2-15-7-13(9-23-10-16(11-23)20(24)25)4-6-19(15)26-12-14-3-5-17(21)18(22)8-14/h3-8,16H,2,9-12H2,1H3,(H,24,25). The molecular weight excluding hydrogens is 373 g/mol. The van der Waals surface area contributed by atoms with E-state index in [1.807, 2.05) is 24.3 Å². The average Bonchev–Trinajstić information content (AvgIpc) is 2.58. The fourth-order valence-electron chi connectivity index (χ4n) is 3.05. The van der Waals surface area contributed by atoms with Crippen LogP contribution in [-0.2, 0) is 24.4 Å². The van der Waals surface area contributed by atoms with Gasteiger partial charge in [-0.25, -0.2) is 0 Å². The summed E-state index contributed by atoms with van der Waals surface area (Å²) in [7, 11) is 0. The Kier molecular flexibility index (Phi) is 6.07. The number of hydrogen-bond acceptors (Lipinski definition) is 3. The van der Waals surface area contributed by atoms with Crippen LogP contribution < -0.4 is 4.74 Å². The van der Waals surface area contributed by atoms with E-state index in [4.69, 9.17) is 33.0 Å². The van der Waals surface area contributed by atoms with Gasteiger partial charge in [0.25, 0.3) is 0 Å². The van der Waals surface area contributed by atoms with Crippen LogP contribution in [0.25, 0.3) is 0 Å². The molecular formula is C20H21Cl2NO3. The summed E-state index contributed by atoms with van der Waals surface area (Å²) in [5.74, 6) is -0.0784. The Bertz CT molecular complexity index is 804. The number of hydrogen-bond donors (Lipinski definition) is 1. The van der Waals surface area contributed by atoms with Crippen LogP contribution in [0.2, 0.25) is 10.0 Å². The number of benzene rings is 2. The smallest absolute Gasteiger partial charge is 0.309 e. The van der Waals surface area contributed by atoms with E-state index in [2.05, 4.69) is 17.9 Å². The van der Waals surface area contributed by atoms with E-state index in [1.54, 1.807) is 6.07 Å². The summed E-state index contributed by atoms with van der Waals surface area (Å²) in [4.78, 5) is 13.0. The molecule has 1 fully saturated rings. The zero-order chi connectivity index (χ0) is 18.7. The lowest BCUT2D eigenvalue weighted by Crippen LogP contribution is -2.49. The molecule has 0 aliphatic carbocycles. The van der Waals surface area contributed by atoms with E-state index in [9.17, 15) is 4.79 Å². The maximum absolute atomic E-state index is 10.9. The predicted molar refractivity (Wildman–Crippen MR) is 103 cm³/mol. The predicted octanol–water partition coefficient (Wildman–Crippen LogP) is 4.65. The van der Waals surface area contributed by atoms with Gasteiger partial charge in [0.15, 0.2) is 0 Å². The van der Waals surface area contributed by atoms with E-state index in [0.29, 0.717) is 29.7 Å². The molecule has 0 aromatic heterocycles. The van der Waals surface area contributed by atoms with Crippen molar-refractivity contribution in [3.8, 4) is 5.75 Å². The first-order valence-corrected chi connectivity index (χ1v) is 9.35. The first-order valence-electron chi connectivity index (χ1n) is 8.60. The second-order valence-electron chi connectivity index (χ2n) is 6.56. The maximum atomic E-state index is 10.9. The van der Waals surface area contributed by atoms with Crippen LogP contribution in [0.5, 0.6) is 5.75 Å². The molecule has 6 heteroatoms. The van der Waals surface area contributed by atoms with E-state index in [1.165, 1.54) is 5.56 Å². The number of halogens is 2. The summed E-state index contributed by atoms with van der Waals surface area (Å²) in [5, 5.41) is 10.0. The van der Waals surface area contributed by atoms with Crippen LogP contribution in [0.4, 0.5) is 0 Å². The highest BCUT2D eigenvalue weighted by atomic mass is 35.5. The van der Waals surface area contributed by atoms with Gasteiger partial charge in [0, 0.05) is 19.6 Å². The molecule has 138 valence electrons. The molecule has 1 saturated heterocycles. The lowest BCUT2D eigenvalue weighted by molar-refractivity contribution is -0.147. The molecule has 0 spiro atoms. The van der Waals surface area contributed by atoms with E-state index < -0.39 is 5.97 Å². The van der Waals surface area contributed by atoms with E-state index in [0.717, 1.165) is 29.8 Å².